The maximum atomic E-state index is 11.8. The molecular formula is C17H17N3O4S. The highest BCUT2D eigenvalue weighted by molar-refractivity contribution is 7.80. The van der Waals surface area contributed by atoms with Crippen molar-refractivity contribution >= 4 is 40.4 Å². The molecule has 2 rings (SSSR count). The minimum Gasteiger partial charge on any atom is -0.459 e. The summed E-state index contributed by atoms with van der Waals surface area (Å²) in [6, 6.07) is 12.6. The van der Waals surface area contributed by atoms with Gasteiger partial charge < -0.3 is 15.4 Å². The number of anilines is 2. The standard InChI is InChI=1S/C17H17N3O4S/c1-11(2)24-16(21)12-3-5-13(6-4-12)18-17(25)19-14-7-9-15(10-8-14)20(22)23/h3-11H,1-2H3,(H2,18,19,25). The third-order valence-corrected chi connectivity index (χ3v) is 3.26. The van der Waals surface area contributed by atoms with Crippen LogP contribution in [0.25, 0.3) is 0 Å². The molecule has 0 aromatic heterocycles. The molecule has 0 spiro atoms. The lowest BCUT2D eigenvalue weighted by Crippen LogP contribution is -2.19. The fourth-order valence-electron chi connectivity index (χ4n) is 1.93. The van der Waals surface area contributed by atoms with Gasteiger partial charge in [-0.05, 0) is 62.5 Å². The summed E-state index contributed by atoms with van der Waals surface area (Å²) in [7, 11) is 0. The van der Waals surface area contributed by atoms with E-state index in [9.17, 15) is 14.9 Å². The number of nitro benzene ring substituents is 1. The van der Waals surface area contributed by atoms with E-state index in [1.807, 2.05) is 0 Å². The summed E-state index contributed by atoms with van der Waals surface area (Å²) in [5.74, 6) is -0.381. The van der Waals surface area contributed by atoms with Crippen molar-refractivity contribution < 1.29 is 14.5 Å². The molecule has 0 aliphatic rings. The number of non-ortho nitro benzene ring substituents is 1. The Bertz CT molecular complexity index is 773. The molecule has 0 saturated carbocycles. The molecule has 0 unspecified atom stereocenters. The maximum absolute atomic E-state index is 11.8. The molecule has 2 aromatic carbocycles. The van der Waals surface area contributed by atoms with Gasteiger partial charge in [0.25, 0.3) is 5.69 Å². The van der Waals surface area contributed by atoms with Crippen LogP contribution in [-0.2, 0) is 4.74 Å². The molecule has 2 aromatic rings. The van der Waals surface area contributed by atoms with Crippen LogP contribution in [0.4, 0.5) is 17.1 Å². The first-order valence-corrected chi connectivity index (χ1v) is 7.89. The zero-order chi connectivity index (χ0) is 18.4. The average Bonchev–Trinajstić information content (AvgIpc) is 2.55. The van der Waals surface area contributed by atoms with Gasteiger partial charge in [0.15, 0.2) is 5.11 Å². The van der Waals surface area contributed by atoms with Crippen LogP contribution in [0.3, 0.4) is 0 Å². The van der Waals surface area contributed by atoms with Gasteiger partial charge in [-0.3, -0.25) is 10.1 Å². The lowest BCUT2D eigenvalue weighted by atomic mass is 10.2. The van der Waals surface area contributed by atoms with Crippen LogP contribution in [0.5, 0.6) is 0 Å². The summed E-state index contributed by atoms with van der Waals surface area (Å²) in [5, 5.41) is 16.8. The van der Waals surface area contributed by atoms with Crippen LogP contribution in [0, 0.1) is 10.1 Å². The number of rotatable bonds is 5. The molecule has 25 heavy (non-hydrogen) atoms. The Morgan fingerprint density at radius 2 is 1.52 bits per heavy atom. The number of hydrogen-bond donors (Lipinski definition) is 2. The lowest BCUT2D eigenvalue weighted by molar-refractivity contribution is -0.384. The van der Waals surface area contributed by atoms with Crippen molar-refractivity contribution in [3.63, 3.8) is 0 Å². The molecule has 0 radical (unpaired) electrons. The Morgan fingerprint density at radius 1 is 1.04 bits per heavy atom. The summed E-state index contributed by atoms with van der Waals surface area (Å²) < 4.78 is 5.12. The predicted molar refractivity (Wildman–Crippen MR) is 99.9 cm³/mol. The Morgan fingerprint density at radius 3 is 1.96 bits per heavy atom. The van der Waals surface area contributed by atoms with E-state index < -0.39 is 4.92 Å². The number of nitrogens with zero attached hydrogens (tertiary/aromatic N) is 1. The lowest BCUT2D eigenvalue weighted by Gasteiger charge is -2.11. The molecule has 0 aliphatic heterocycles. The summed E-state index contributed by atoms with van der Waals surface area (Å²) in [6.45, 7) is 3.58. The van der Waals surface area contributed by atoms with Crippen LogP contribution in [0.2, 0.25) is 0 Å². The van der Waals surface area contributed by atoms with Gasteiger partial charge in [-0.25, -0.2) is 4.79 Å². The van der Waals surface area contributed by atoms with Gasteiger partial charge in [-0.1, -0.05) is 0 Å². The number of carbonyl (C=O) groups is 1. The molecule has 2 N–H and O–H groups in total. The Kier molecular flexibility index (Phi) is 6.02. The quantitative estimate of drug-likeness (QED) is 0.361. The summed E-state index contributed by atoms with van der Waals surface area (Å²) in [6.07, 6.45) is -0.177. The molecule has 0 aliphatic carbocycles. The van der Waals surface area contributed by atoms with E-state index >= 15 is 0 Å². The summed E-state index contributed by atoms with van der Waals surface area (Å²) in [5.41, 5.74) is 1.78. The highest BCUT2D eigenvalue weighted by atomic mass is 32.1. The van der Waals surface area contributed by atoms with Crippen LogP contribution in [0.15, 0.2) is 48.5 Å². The SMILES string of the molecule is CC(C)OC(=O)c1ccc(NC(=S)Nc2ccc([N+](=O)[O-])cc2)cc1. The van der Waals surface area contributed by atoms with Crippen molar-refractivity contribution in [1.82, 2.24) is 0 Å². The second-order valence-electron chi connectivity index (χ2n) is 5.41. The minimum atomic E-state index is -0.466. The van der Waals surface area contributed by atoms with Gasteiger partial charge >= 0.3 is 5.97 Å². The second kappa shape index (κ2) is 8.20. The molecule has 0 amide bonds. The Balaban J connectivity index is 1.94. The van der Waals surface area contributed by atoms with E-state index in [1.165, 1.54) is 12.1 Å². The molecule has 8 heteroatoms. The first-order chi connectivity index (χ1) is 11.8. The van der Waals surface area contributed by atoms with E-state index in [2.05, 4.69) is 10.6 Å². The van der Waals surface area contributed by atoms with Gasteiger partial charge in [0.05, 0.1) is 16.6 Å². The molecule has 0 heterocycles. The maximum Gasteiger partial charge on any atom is 0.338 e. The number of ether oxygens (including phenoxy) is 1. The number of carbonyl (C=O) groups excluding carboxylic acids is 1. The van der Waals surface area contributed by atoms with Crippen LogP contribution in [0.1, 0.15) is 24.2 Å². The monoisotopic (exact) mass is 359 g/mol. The third kappa shape index (κ3) is 5.54. The normalized spacial score (nSPS) is 10.2. The summed E-state index contributed by atoms with van der Waals surface area (Å²) >= 11 is 5.20. The average molecular weight is 359 g/mol. The highest BCUT2D eigenvalue weighted by Crippen LogP contribution is 2.16. The van der Waals surface area contributed by atoms with E-state index in [0.717, 1.165) is 0 Å². The molecule has 130 valence electrons. The van der Waals surface area contributed by atoms with Gasteiger partial charge in [-0.2, -0.15) is 0 Å². The van der Waals surface area contributed by atoms with Crippen molar-refractivity contribution in [1.29, 1.82) is 0 Å². The summed E-state index contributed by atoms with van der Waals surface area (Å²) in [4.78, 5) is 21.9. The zero-order valence-corrected chi connectivity index (χ0v) is 14.5. The molecule has 0 bridgehead atoms. The molecule has 7 nitrogen and oxygen atoms in total. The Labute approximate surface area is 150 Å². The fraction of sp³-hybridized carbons (Fsp3) is 0.176. The number of hydrogen-bond acceptors (Lipinski definition) is 5. The van der Waals surface area contributed by atoms with Crippen molar-refractivity contribution in [2.45, 2.75) is 20.0 Å². The van der Waals surface area contributed by atoms with Crippen molar-refractivity contribution in [3.8, 4) is 0 Å². The van der Waals surface area contributed by atoms with Crippen LogP contribution >= 0.6 is 12.2 Å². The Hall–Kier alpha value is -3.00. The largest absolute Gasteiger partial charge is 0.459 e. The van der Waals surface area contributed by atoms with Crippen LogP contribution in [-0.4, -0.2) is 22.1 Å². The number of thiocarbonyl (C=S) groups is 1. The zero-order valence-electron chi connectivity index (χ0n) is 13.7. The van der Waals surface area contributed by atoms with Gasteiger partial charge in [0.1, 0.15) is 0 Å². The molecule has 0 fully saturated rings. The second-order valence-corrected chi connectivity index (χ2v) is 5.82. The molecule has 0 saturated heterocycles. The van der Waals surface area contributed by atoms with Crippen molar-refractivity contribution in [2.75, 3.05) is 10.6 Å². The van der Waals surface area contributed by atoms with E-state index in [-0.39, 0.29) is 17.8 Å². The first-order valence-electron chi connectivity index (χ1n) is 7.48. The first kappa shape index (κ1) is 18.3. The van der Waals surface area contributed by atoms with E-state index in [4.69, 9.17) is 17.0 Å². The van der Waals surface area contributed by atoms with Gasteiger partial charge in [0.2, 0.25) is 0 Å². The van der Waals surface area contributed by atoms with Crippen LogP contribution < -0.4 is 10.6 Å². The smallest absolute Gasteiger partial charge is 0.338 e. The number of benzene rings is 2. The highest BCUT2D eigenvalue weighted by Gasteiger charge is 2.09. The molecule has 0 atom stereocenters. The van der Waals surface area contributed by atoms with Crippen molar-refractivity contribution in [2.24, 2.45) is 0 Å². The van der Waals surface area contributed by atoms with Crippen molar-refractivity contribution in [3.05, 3.63) is 64.2 Å². The minimum absolute atomic E-state index is 0.00769. The third-order valence-electron chi connectivity index (χ3n) is 3.06. The van der Waals surface area contributed by atoms with Gasteiger partial charge in [-0.15, -0.1) is 0 Å². The molecular weight excluding hydrogens is 342 g/mol. The number of nitro groups is 1. The van der Waals surface area contributed by atoms with E-state index in [1.54, 1.807) is 50.2 Å². The van der Waals surface area contributed by atoms with E-state index in [0.29, 0.717) is 22.1 Å². The number of esters is 1. The number of nitrogens with one attached hydrogen (secondary N) is 2. The fourth-order valence-corrected chi connectivity index (χ4v) is 2.17. The predicted octanol–water partition coefficient (Wildman–Crippen LogP) is 3.97. The van der Waals surface area contributed by atoms with Gasteiger partial charge in [0, 0.05) is 23.5 Å². The topological polar surface area (TPSA) is 93.5 Å².